The monoisotopic (exact) mass is 346 g/mol. The van der Waals surface area contributed by atoms with E-state index < -0.39 is 4.92 Å². The van der Waals surface area contributed by atoms with Crippen molar-refractivity contribution >= 4 is 22.9 Å². The molecule has 1 aliphatic rings. The zero-order valence-electron chi connectivity index (χ0n) is 13.3. The number of hydrogen-bond acceptors (Lipinski definition) is 5. The van der Waals surface area contributed by atoms with Crippen LogP contribution in [0.3, 0.4) is 0 Å². The highest BCUT2D eigenvalue weighted by atomic mass is 32.1. The number of morpholine rings is 1. The molecule has 6 nitrogen and oxygen atoms in total. The van der Waals surface area contributed by atoms with Gasteiger partial charge in [0.15, 0.2) is 0 Å². The molecule has 1 aromatic carbocycles. The number of rotatable bonds is 4. The molecule has 0 N–H and O–H groups in total. The largest absolute Gasteiger partial charge is 0.369 e. The Morgan fingerprint density at radius 1 is 1.42 bits per heavy atom. The first-order chi connectivity index (χ1) is 11.6. The lowest BCUT2D eigenvalue weighted by Crippen LogP contribution is -2.42. The van der Waals surface area contributed by atoms with Crippen molar-refractivity contribution in [3.05, 3.63) is 61.8 Å². The molecule has 126 valence electrons. The van der Waals surface area contributed by atoms with E-state index in [1.807, 2.05) is 17.5 Å². The van der Waals surface area contributed by atoms with E-state index in [0.717, 1.165) is 4.88 Å². The molecule has 3 rings (SSSR count). The highest BCUT2D eigenvalue weighted by molar-refractivity contribution is 7.10. The molecule has 7 heteroatoms. The second-order valence-corrected chi connectivity index (χ2v) is 6.69. The van der Waals surface area contributed by atoms with Gasteiger partial charge in [0.2, 0.25) is 5.91 Å². The summed E-state index contributed by atoms with van der Waals surface area (Å²) in [7, 11) is 0. The summed E-state index contributed by atoms with van der Waals surface area (Å²) in [6.45, 7) is 3.26. The molecule has 0 saturated carbocycles. The fourth-order valence-electron chi connectivity index (χ4n) is 2.86. The molecule has 2 aromatic rings. The lowest BCUT2D eigenvalue weighted by Gasteiger charge is -2.32. The van der Waals surface area contributed by atoms with Crippen LogP contribution in [0.2, 0.25) is 0 Å². The van der Waals surface area contributed by atoms with Crippen LogP contribution in [0.5, 0.6) is 0 Å². The number of nitrogens with zero attached hydrogens (tertiary/aromatic N) is 2. The van der Waals surface area contributed by atoms with Crippen LogP contribution in [0.1, 0.15) is 22.1 Å². The minimum atomic E-state index is -0.412. The van der Waals surface area contributed by atoms with Crippen molar-refractivity contribution in [2.24, 2.45) is 0 Å². The van der Waals surface area contributed by atoms with E-state index in [4.69, 9.17) is 4.74 Å². The SMILES string of the molecule is Cc1c(CC(=O)N2CCOC(c3cccs3)C2)cccc1[N+](=O)[O-]. The van der Waals surface area contributed by atoms with E-state index in [-0.39, 0.29) is 24.1 Å². The number of amides is 1. The molecular formula is C17H18N2O4S. The normalized spacial score (nSPS) is 17.7. The van der Waals surface area contributed by atoms with Gasteiger partial charge in [0.05, 0.1) is 24.5 Å². The van der Waals surface area contributed by atoms with Crippen LogP contribution < -0.4 is 0 Å². The fraction of sp³-hybridized carbons (Fsp3) is 0.353. The highest BCUT2D eigenvalue weighted by Gasteiger charge is 2.26. The third-order valence-corrected chi connectivity index (χ3v) is 5.20. The molecule has 1 saturated heterocycles. The first-order valence-corrected chi connectivity index (χ1v) is 8.60. The number of carbonyl (C=O) groups excluding carboxylic acids is 1. The third kappa shape index (κ3) is 3.47. The van der Waals surface area contributed by atoms with Crippen molar-refractivity contribution in [3.8, 4) is 0 Å². The Hall–Kier alpha value is -2.25. The summed E-state index contributed by atoms with van der Waals surface area (Å²) >= 11 is 1.62. The van der Waals surface area contributed by atoms with Crippen LogP contribution >= 0.6 is 11.3 Å². The van der Waals surface area contributed by atoms with Crippen LogP contribution in [0, 0.1) is 17.0 Å². The topological polar surface area (TPSA) is 72.7 Å². The second-order valence-electron chi connectivity index (χ2n) is 5.71. The Morgan fingerprint density at radius 2 is 2.25 bits per heavy atom. The number of carbonyl (C=O) groups is 1. The van der Waals surface area contributed by atoms with Crippen molar-refractivity contribution in [1.82, 2.24) is 4.90 Å². The number of nitro benzene ring substituents is 1. The molecular weight excluding hydrogens is 328 g/mol. The molecule has 0 aliphatic carbocycles. The minimum Gasteiger partial charge on any atom is -0.369 e. The Kier molecular flexibility index (Phi) is 4.92. The molecule has 1 aliphatic heterocycles. The number of ether oxygens (including phenoxy) is 1. The van der Waals surface area contributed by atoms with Gasteiger partial charge in [-0.2, -0.15) is 0 Å². The number of hydrogen-bond donors (Lipinski definition) is 0. The average Bonchev–Trinajstić information content (AvgIpc) is 3.11. The van der Waals surface area contributed by atoms with Gasteiger partial charge in [-0.25, -0.2) is 0 Å². The molecule has 1 atom stereocenters. The Bertz CT molecular complexity index is 745. The molecule has 1 unspecified atom stereocenters. The van der Waals surface area contributed by atoms with Crippen molar-refractivity contribution < 1.29 is 14.5 Å². The van der Waals surface area contributed by atoms with Gasteiger partial charge in [-0.1, -0.05) is 18.2 Å². The quantitative estimate of drug-likeness (QED) is 0.630. The van der Waals surface area contributed by atoms with Crippen molar-refractivity contribution in [2.45, 2.75) is 19.4 Å². The average molecular weight is 346 g/mol. The van der Waals surface area contributed by atoms with Gasteiger partial charge in [-0.15, -0.1) is 11.3 Å². The molecule has 0 radical (unpaired) electrons. The second kappa shape index (κ2) is 7.11. The van der Waals surface area contributed by atoms with E-state index >= 15 is 0 Å². The maximum absolute atomic E-state index is 12.6. The van der Waals surface area contributed by atoms with Gasteiger partial charge >= 0.3 is 0 Å². The summed E-state index contributed by atoms with van der Waals surface area (Å²) in [6, 6.07) is 8.84. The predicted molar refractivity (Wildman–Crippen MR) is 91.1 cm³/mol. The molecule has 0 spiro atoms. The molecule has 2 heterocycles. The first-order valence-electron chi connectivity index (χ1n) is 7.72. The van der Waals surface area contributed by atoms with E-state index in [1.54, 1.807) is 35.3 Å². The van der Waals surface area contributed by atoms with Crippen molar-refractivity contribution in [2.75, 3.05) is 19.7 Å². The van der Waals surface area contributed by atoms with E-state index in [2.05, 4.69) is 0 Å². The Labute approximate surface area is 143 Å². The van der Waals surface area contributed by atoms with Crippen LogP contribution in [0.15, 0.2) is 35.7 Å². The Balaban J connectivity index is 1.71. The first kappa shape index (κ1) is 16.6. The predicted octanol–water partition coefficient (Wildman–Crippen LogP) is 3.11. The van der Waals surface area contributed by atoms with Gasteiger partial charge in [0.25, 0.3) is 5.69 Å². The minimum absolute atomic E-state index is 0.0246. The lowest BCUT2D eigenvalue weighted by molar-refractivity contribution is -0.385. The Morgan fingerprint density at radius 3 is 2.96 bits per heavy atom. The van der Waals surface area contributed by atoms with Gasteiger partial charge < -0.3 is 9.64 Å². The van der Waals surface area contributed by atoms with Crippen LogP contribution in [0.4, 0.5) is 5.69 Å². The number of benzene rings is 1. The van der Waals surface area contributed by atoms with Gasteiger partial charge in [-0.05, 0) is 23.9 Å². The van der Waals surface area contributed by atoms with E-state index in [9.17, 15) is 14.9 Å². The van der Waals surface area contributed by atoms with Crippen molar-refractivity contribution in [3.63, 3.8) is 0 Å². The van der Waals surface area contributed by atoms with E-state index in [0.29, 0.717) is 30.8 Å². The molecule has 1 amide bonds. The van der Waals surface area contributed by atoms with Crippen LogP contribution in [-0.4, -0.2) is 35.4 Å². The van der Waals surface area contributed by atoms with Gasteiger partial charge in [-0.3, -0.25) is 14.9 Å². The zero-order chi connectivity index (χ0) is 17.1. The van der Waals surface area contributed by atoms with E-state index in [1.165, 1.54) is 6.07 Å². The van der Waals surface area contributed by atoms with Gasteiger partial charge in [0, 0.05) is 23.1 Å². The maximum atomic E-state index is 12.6. The van der Waals surface area contributed by atoms with Gasteiger partial charge in [0.1, 0.15) is 6.10 Å². The van der Waals surface area contributed by atoms with Crippen LogP contribution in [-0.2, 0) is 16.0 Å². The molecule has 24 heavy (non-hydrogen) atoms. The standard InChI is InChI=1S/C17H18N2O4S/c1-12-13(4-2-5-14(12)19(21)22)10-17(20)18-7-8-23-15(11-18)16-6-3-9-24-16/h2-6,9,15H,7-8,10-11H2,1H3. The van der Waals surface area contributed by atoms with Crippen molar-refractivity contribution in [1.29, 1.82) is 0 Å². The number of thiophene rings is 1. The molecule has 1 aromatic heterocycles. The molecule has 0 bridgehead atoms. The summed E-state index contributed by atoms with van der Waals surface area (Å²) in [6.07, 6.45) is 0.0823. The fourth-order valence-corrected chi connectivity index (χ4v) is 3.62. The summed E-state index contributed by atoms with van der Waals surface area (Å²) in [4.78, 5) is 26.1. The maximum Gasteiger partial charge on any atom is 0.272 e. The smallest absolute Gasteiger partial charge is 0.272 e. The lowest BCUT2D eigenvalue weighted by atomic mass is 10.0. The summed E-state index contributed by atoms with van der Waals surface area (Å²) in [5, 5.41) is 13.0. The summed E-state index contributed by atoms with van der Waals surface area (Å²) in [5.74, 6) is -0.0246. The third-order valence-electron chi connectivity index (χ3n) is 4.24. The summed E-state index contributed by atoms with van der Waals surface area (Å²) in [5.41, 5.74) is 1.31. The van der Waals surface area contributed by atoms with Crippen LogP contribution in [0.25, 0.3) is 0 Å². The zero-order valence-corrected chi connectivity index (χ0v) is 14.1. The summed E-state index contributed by atoms with van der Waals surface area (Å²) < 4.78 is 5.75. The molecule has 1 fully saturated rings. The number of nitro groups is 1. The highest BCUT2D eigenvalue weighted by Crippen LogP contribution is 2.27.